The minimum atomic E-state index is 0.830. The summed E-state index contributed by atoms with van der Waals surface area (Å²) >= 11 is 0. The standard InChI is InChI=1S/C11H20/c1-8(2)11-6-5-9(3)10(4)7-11/h5,8,10-11H,6-7H2,1-4H3/t10-,11+/m1/s1. The Labute approximate surface area is 70.7 Å². The summed E-state index contributed by atoms with van der Waals surface area (Å²) in [5.74, 6) is 2.63. The highest BCUT2D eigenvalue weighted by molar-refractivity contribution is 5.07. The van der Waals surface area contributed by atoms with Gasteiger partial charge in [-0.05, 0) is 37.5 Å². The summed E-state index contributed by atoms with van der Waals surface area (Å²) in [6.45, 7) is 9.29. The molecule has 1 aliphatic carbocycles. The average molecular weight is 152 g/mol. The van der Waals surface area contributed by atoms with Gasteiger partial charge >= 0.3 is 0 Å². The molecular weight excluding hydrogens is 132 g/mol. The van der Waals surface area contributed by atoms with Gasteiger partial charge in [-0.15, -0.1) is 0 Å². The molecule has 64 valence electrons. The summed E-state index contributed by atoms with van der Waals surface area (Å²) in [5.41, 5.74) is 1.60. The number of rotatable bonds is 1. The van der Waals surface area contributed by atoms with Crippen LogP contribution in [0.2, 0.25) is 0 Å². The van der Waals surface area contributed by atoms with Crippen molar-refractivity contribution < 1.29 is 0 Å². The SMILES string of the molecule is CC1=CC[C@H](C(C)C)C[C@H]1C. The van der Waals surface area contributed by atoms with E-state index in [1.54, 1.807) is 5.57 Å². The first-order valence-electron chi connectivity index (χ1n) is 4.78. The molecule has 0 amide bonds. The monoisotopic (exact) mass is 152 g/mol. The summed E-state index contributed by atoms with van der Waals surface area (Å²) in [4.78, 5) is 0. The molecule has 0 nitrogen and oxygen atoms in total. The third-order valence-corrected chi connectivity index (χ3v) is 3.12. The van der Waals surface area contributed by atoms with Crippen molar-refractivity contribution in [2.45, 2.75) is 40.5 Å². The fourth-order valence-electron chi connectivity index (χ4n) is 1.82. The molecule has 0 aromatic carbocycles. The van der Waals surface area contributed by atoms with Crippen LogP contribution in [0.1, 0.15) is 40.5 Å². The van der Waals surface area contributed by atoms with Crippen molar-refractivity contribution in [2.75, 3.05) is 0 Å². The predicted octanol–water partition coefficient (Wildman–Crippen LogP) is 3.63. The first kappa shape index (κ1) is 8.83. The maximum atomic E-state index is 2.43. The van der Waals surface area contributed by atoms with E-state index in [9.17, 15) is 0 Å². The Morgan fingerprint density at radius 1 is 1.45 bits per heavy atom. The van der Waals surface area contributed by atoms with Crippen LogP contribution in [0.15, 0.2) is 11.6 Å². The zero-order chi connectivity index (χ0) is 8.43. The van der Waals surface area contributed by atoms with E-state index in [2.05, 4.69) is 33.8 Å². The van der Waals surface area contributed by atoms with Gasteiger partial charge in [0.15, 0.2) is 0 Å². The molecule has 11 heavy (non-hydrogen) atoms. The normalized spacial score (nSPS) is 32.3. The van der Waals surface area contributed by atoms with Gasteiger partial charge in [0.05, 0.1) is 0 Å². The molecule has 0 radical (unpaired) electrons. The van der Waals surface area contributed by atoms with Crippen molar-refractivity contribution in [3.63, 3.8) is 0 Å². The third kappa shape index (κ3) is 2.08. The summed E-state index contributed by atoms with van der Waals surface area (Å²) in [6, 6.07) is 0. The second kappa shape index (κ2) is 3.42. The Morgan fingerprint density at radius 2 is 2.09 bits per heavy atom. The van der Waals surface area contributed by atoms with Crippen molar-refractivity contribution in [2.24, 2.45) is 17.8 Å². The van der Waals surface area contributed by atoms with Crippen molar-refractivity contribution in [1.82, 2.24) is 0 Å². The average Bonchev–Trinajstić information content (AvgIpc) is 1.94. The Balaban J connectivity index is 2.55. The number of hydrogen-bond donors (Lipinski definition) is 0. The minimum Gasteiger partial charge on any atom is -0.0851 e. The number of allylic oxidation sites excluding steroid dienone is 2. The molecule has 0 heteroatoms. The molecule has 0 heterocycles. The smallest absolute Gasteiger partial charge is 0.0232 e. The number of hydrogen-bond acceptors (Lipinski definition) is 0. The molecule has 1 rings (SSSR count). The van der Waals surface area contributed by atoms with Crippen LogP contribution in [0.3, 0.4) is 0 Å². The van der Waals surface area contributed by atoms with E-state index in [-0.39, 0.29) is 0 Å². The Hall–Kier alpha value is -0.260. The molecular formula is C11H20. The highest BCUT2D eigenvalue weighted by atomic mass is 14.3. The molecule has 0 spiro atoms. The molecule has 1 aliphatic rings. The molecule has 0 N–H and O–H groups in total. The van der Waals surface area contributed by atoms with Crippen molar-refractivity contribution in [1.29, 1.82) is 0 Å². The quantitative estimate of drug-likeness (QED) is 0.503. The molecule has 0 saturated carbocycles. The molecule has 0 aromatic heterocycles. The first-order valence-corrected chi connectivity index (χ1v) is 4.78. The van der Waals surface area contributed by atoms with Crippen LogP contribution >= 0.6 is 0 Å². The molecule has 0 fully saturated rings. The maximum Gasteiger partial charge on any atom is -0.0232 e. The topological polar surface area (TPSA) is 0 Å². The summed E-state index contributed by atoms with van der Waals surface area (Å²) in [7, 11) is 0. The second-order valence-electron chi connectivity index (χ2n) is 4.32. The van der Waals surface area contributed by atoms with Crippen molar-refractivity contribution >= 4 is 0 Å². The molecule has 0 aliphatic heterocycles. The van der Waals surface area contributed by atoms with E-state index in [0.29, 0.717) is 0 Å². The lowest BCUT2D eigenvalue weighted by Gasteiger charge is -2.28. The maximum absolute atomic E-state index is 2.43. The van der Waals surface area contributed by atoms with E-state index in [1.165, 1.54) is 12.8 Å². The van der Waals surface area contributed by atoms with Crippen LogP contribution in [0.25, 0.3) is 0 Å². The lowest BCUT2D eigenvalue weighted by Crippen LogP contribution is -2.16. The molecule has 2 atom stereocenters. The van der Waals surface area contributed by atoms with Crippen LogP contribution in [0.5, 0.6) is 0 Å². The lowest BCUT2D eigenvalue weighted by atomic mass is 9.78. The summed E-state index contributed by atoms with van der Waals surface area (Å²) < 4.78 is 0. The summed E-state index contributed by atoms with van der Waals surface area (Å²) in [5, 5.41) is 0. The van der Waals surface area contributed by atoms with Crippen LogP contribution in [-0.4, -0.2) is 0 Å². The van der Waals surface area contributed by atoms with E-state index in [4.69, 9.17) is 0 Å². The highest BCUT2D eigenvalue weighted by Crippen LogP contribution is 2.32. The van der Waals surface area contributed by atoms with Crippen molar-refractivity contribution in [3.8, 4) is 0 Å². The fraction of sp³-hybridized carbons (Fsp3) is 0.818. The Morgan fingerprint density at radius 3 is 2.55 bits per heavy atom. The van der Waals surface area contributed by atoms with Gasteiger partial charge in [0.25, 0.3) is 0 Å². The van der Waals surface area contributed by atoms with Gasteiger partial charge in [0.1, 0.15) is 0 Å². The van der Waals surface area contributed by atoms with Gasteiger partial charge in [0.2, 0.25) is 0 Å². The highest BCUT2D eigenvalue weighted by Gasteiger charge is 2.20. The lowest BCUT2D eigenvalue weighted by molar-refractivity contribution is 0.310. The van der Waals surface area contributed by atoms with Gasteiger partial charge in [-0.25, -0.2) is 0 Å². The molecule has 0 aromatic rings. The zero-order valence-corrected chi connectivity index (χ0v) is 8.22. The van der Waals surface area contributed by atoms with Gasteiger partial charge in [-0.3, -0.25) is 0 Å². The van der Waals surface area contributed by atoms with E-state index in [1.807, 2.05) is 0 Å². The van der Waals surface area contributed by atoms with Crippen LogP contribution in [0.4, 0.5) is 0 Å². The van der Waals surface area contributed by atoms with Gasteiger partial charge in [-0.1, -0.05) is 32.4 Å². The van der Waals surface area contributed by atoms with E-state index in [0.717, 1.165) is 17.8 Å². The third-order valence-electron chi connectivity index (χ3n) is 3.12. The minimum absolute atomic E-state index is 0.830. The predicted molar refractivity (Wildman–Crippen MR) is 50.5 cm³/mol. The van der Waals surface area contributed by atoms with Gasteiger partial charge < -0.3 is 0 Å². The summed E-state index contributed by atoms with van der Waals surface area (Å²) in [6.07, 6.45) is 5.15. The van der Waals surface area contributed by atoms with Crippen molar-refractivity contribution in [3.05, 3.63) is 11.6 Å². The largest absolute Gasteiger partial charge is 0.0851 e. The van der Waals surface area contributed by atoms with Gasteiger partial charge in [0, 0.05) is 0 Å². The van der Waals surface area contributed by atoms with E-state index < -0.39 is 0 Å². The molecule has 0 saturated heterocycles. The van der Waals surface area contributed by atoms with Crippen LogP contribution in [0, 0.1) is 17.8 Å². The Bertz CT molecular complexity index is 153. The second-order valence-corrected chi connectivity index (χ2v) is 4.32. The van der Waals surface area contributed by atoms with Gasteiger partial charge in [-0.2, -0.15) is 0 Å². The zero-order valence-electron chi connectivity index (χ0n) is 8.22. The van der Waals surface area contributed by atoms with Crippen LogP contribution in [-0.2, 0) is 0 Å². The molecule has 0 unspecified atom stereocenters. The van der Waals surface area contributed by atoms with E-state index >= 15 is 0 Å². The molecule has 0 bridgehead atoms. The fourth-order valence-corrected chi connectivity index (χ4v) is 1.82. The Kier molecular flexibility index (Phi) is 2.75. The van der Waals surface area contributed by atoms with Crippen LogP contribution < -0.4 is 0 Å². The first-order chi connectivity index (χ1) is 5.11.